The first kappa shape index (κ1) is 43.2. The number of hydrogen-bond acceptors (Lipinski definition) is 0. The van der Waals surface area contributed by atoms with Crippen molar-refractivity contribution in [3.63, 3.8) is 0 Å². The molecule has 0 saturated heterocycles. The predicted molar refractivity (Wildman–Crippen MR) is 307 cm³/mol. The number of hydrogen-bond donors (Lipinski definition) is 0. The van der Waals surface area contributed by atoms with E-state index < -0.39 is 8.07 Å². The van der Waals surface area contributed by atoms with Crippen LogP contribution < -0.4 is 5.19 Å². The highest BCUT2D eigenvalue weighted by Gasteiger charge is 2.62. The smallest absolute Gasteiger partial charge is 0.195 e. The molecule has 4 fully saturated rings. The van der Waals surface area contributed by atoms with E-state index in [1.165, 1.54) is 148 Å². The standard InChI is InChI=1S/C70H57NSi/c1-71-66-42-55(41-65-69(66)63-43-58(72(2,3)4)31-32-64(63)70(65)56-34-44-33-45(36-56)37-57(70)35-44)48-29-27-47(28-30-48)49-17-12-19-51(38-49)52-20-14-22-54(40-52)68-61-25-10-8-23-59(61)67(60-24-9-11-26-62(60)68)53-21-13-18-50(39-53)46-15-6-5-7-16-46/h5-32,38-45,56-57H,33-37H2,2-4H3. The van der Waals surface area contributed by atoms with Gasteiger partial charge >= 0.3 is 0 Å². The molecule has 0 unspecified atom stereocenters. The van der Waals surface area contributed by atoms with E-state index in [-0.39, 0.29) is 5.41 Å². The van der Waals surface area contributed by atoms with Gasteiger partial charge in [0.25, 0.3) is 0 Å². The zero-order valence-electron chi connectivity index (χ0n) is 41.4. The molecule has 15 rings (SSSR count). The molecule has 72 heavy (non-hydrogen) atoms. The summed E-state index contributed by atoms with van der Waals surface area (Å²) in [6.07, 6.45) is 6.78. The Morgan fingerprint density at radius 1 is 0.375 bits per heavy atom. The Labute approximate surface area is 425 Å². The van der Waals surface area contributed by atoms with Crippen molar-refractivity contribution in [3.8, 4) is 77.9 Å². The van der Waals surface area contributed by atoms with Gasteiger partial charge in [-0.1, -0.05) is 207 Å². The summed E-state index contributed by atoms with van der Waals surface area (Å²) in [6.45, 7) is 16.0. The minimum atomic E-state index is -1.57. The molecule has 346 valence electrons. The van der Waals surface area contributed by atoms with Gasteiger partial charge in [0.15, 0.2) is 5.69 Å². The Kier molecular flexibility index (Phi) is 9.90. The van der Waals surface area contributed by atoms with E-state index in [0.717, 1.165) is 17.5 Å². The monoisotopic (exact) mass is 939 g/mol. The third kappa shape index (κ3) is 6.71. The molecule has 10 aromatic rings. The number of fused-ring (bicyclic) bond motifs is 5. The summed E-state index contributed by atoms with van der Waals surface area (Å²) in [5.41, 5.74) is 21.0. The van der Waals surface area contributed by atoms with Crippen molar-refractivity contribution in [2.45, 2.75) is 57.2 Å². The third-order valence-electron chi connectivity index (χ3n) is 17.8. The summed E-state index contributed by atoms with van der Waals surface area (Å²) < 4.78 is 0. The average molecular weight is 940 g/mol. The van der Waals surface area contributed by atoms with Crippen LogP contribution in [0.5, 0.6) is 0 Å². The van der Waals surface area contributed by atoms with Crippen LogP contribution in [0.25, 0.3) is 104 Å². The zero-order chi connectivity index (χ0) is 48.3. The summed E-state index contributed by atoms with van der Waals surface area (Å²) in [7, 11) is -1.57. The van der Waals surface area contributed by atoms with E-state index in [9.17, 15) is 0 Å². The molecule has 0 amide bonds. The summed E-state index contributed by atoms with van der Waals surface area (Å²) in [4.78, 5) is 4.36. The first-order valence-corrected chi connectivity index (χ1v) is 29.9. The van der Waals surface area contributed by atoms with Crippen molar-refractivity contribution in [3.05, 3.63) is 229 Å². The highest BCUT2D eigenvalue weighted by molar-refractivity contribution is 6.88. The Morgan fingerprint density at radius 2 is 0.806 bits per heavy atom. The van der Waals surface area contributed by atoms with Gasteiger partial charge in [-0.2, -0.15) is 0 Å². The molecule has 0 atom stereocenters. The van der Waals surface area contributed by atoms with Crippen molar-refractivity contribution in [1.29, 1.82) is 0 Å². The fourth-order valence-corrected chi connectivity index (χ4v) is 16.0. The van der Waals surface area contributed by atoms with Crippen molar-refractivity contribution >= 4 is 40.5 Å². The summed E-state index contributed by atoms with van der Waals surface area (Å²) in [6, 6.07) is 77.3. The van der Waals surface area contributed by atoms with E-state index in [1.807, 2.05) is 0 Å². The highest BCUT2D eigenvalue weighted by Crippen LogP contribution is 2.70. The fourth-order valence-electron chi connectivity index (χ4n) is 14.8. The van der Waals surface area contributed by atoms with Crippen LogP contribution in [0.3, 0.4) is 0 Å². The minimum Gasteiger partial charge on any atom is -0.237 e. The highest BCUT2D eigenvalue weighted by atomic mass is 28.3. The lowest BCUT2D eigenvalue weighted by atomic mass is 9.43. The Hall–Kier alpha value is -7.57. The topological polar surface area (TPSA) is 4.36 Å². The van der Waals surface area contributed by atoms with E-state index in [0.29, 0.717) is 11.8 Å². The summed E-state index contributed by atoms with van der Waals surface area (Å²) in [5, 5.41) is 6.51. The molecule has 5 aliphatic rings. The molecule has 10 aromatic carbocycles. The molecule has 0 aromatic heterocycles. The van der Waals surface area contributed by atoms with E-state index in [2.05, 4.69) is 231 Å². The van der Waals surface area contributed by atoms with Crippen LogP contribution in [-0.2, 0) is 5.41 Å². The maximum Gasteiger partial charge on any atom is 0.195 e. The van der Waals surface area contributed by atoms with E-state index in [4.69, 9.17) is 6.57 Å². The van der Waals surface area contributed by atoms with E-state index in [1.54, 1.807) is 0 Å². The Balaban J connectivity index is 0.822. The quantitative estimate of drug-likeness (QED) is 0.0852. The zero-order valence-corrected chi connectivity index (χ0v) is 42.4. The van der Waals surface area contributed by atoms with Crippen LogP contribution in [0.1, 0.15) is 43.2 Å². The predicted octanol–water partition coefficient (Wildman–Crippen LogP) is 18.8. The normalized spacial score (nSPS) is 20.5. The first-order valence-electron chi connectivity index (χ1n) is 26.4. The van der Waals surface area contributed by atoms with Crippen LogP contribution in [0, 0.1) is 30.2 Å². The maximum atomic E-state index is 8.67. The van der Waals surface area contributed by atoms with Gasteiger partial charge in [0.05, 0.1) is 14.6 Å². The van der Waals surface area contributed by atoms with Gasteiger partial charge in [-0.3, -0.25) is 0 Å². The van der Waals surface area contributed by atoms with Gasteiger partial charge in [-0.05, 0) is 191 Å². The van der Waals surface area contributed by atoms with E-state index >= 15 is 0 Å². The maximum absolute atomic E-state index is 8.67. The first-order chi connectivity index (χ1) is 35.2. The van der Waals surface area contributed by atoms with Gasteiger partial charge in [-0.15, -0.1) is 0 Å². The van der Waals surface area contributed by atoms with Gasteiger partial charge in [0, 0.05) is 5.41 Å². The van der Waals surface area contributed by atoms with Crippen molar-refractivity contribution in [1.82, 2.24) is 0 Å². The van der Waals surface area contributed by atoms with Crippen molar-refractivity contribution in [2.24, 2.45) is 23.7 Å². The molecule has 0 aliphatic heterocycles. The summed E-state index contributed by atoms with van der Waals surface area (Å²) >= 11 is 0. The molecular formula is C70H57NSi. The minimum absolute atomic E-state index is 0.0161. The Bertz CT molecular complexity index is 3780. The number of benzene rings is 10. The number of rotatable bonds is 7. The fraction of sp³-hybridized carbons (Fsp3) is 0.186. The lowest BCUT2D eigenvalue weighted by Gasteiger charge is -2.61. The van der Waals surface area contributed by atoms with Crippen molar-refractivity contribution in [2.75, 3.05) is 0 Å². The molecule has 5 aliphatic carbocycles. The SMILES string of the molecule is [C-]#[N+]c1cc(-c2ccc(-c3cccc(-c4cccc(-c5c6ccccc6c(-c6cccc(-c7ccccc7)c6)c6ccccc56)c4)c3)cc2)cc2c1-c1cc([Si](C)(C)C)ccc1C21C2CC3CC(C2)CC1C3. The summed E-state index contributed by atoms with van der Waals surface area (Å²) in [5.74, 6) is 3.06. The molecular weight excluding hydrogens is 883 g/mol. The molecule has 1 spiro atoms. The van der Waals surface area contributed by atoms with Crippen LogP contribution in [-0.4, -0.2) is 8.07 Å². The van der Waals surface area contributed by atoms with Crippen LogP contribution in [0.4, 0.5) is 5.69 Å². The second-order valence-corrected chi connectivity index (χ2v) is 27.8. The van der Waals surface area contributed by atoms with Gasteiger partial charge in [-0.25, -0.2) is 4.85 Å². The largest absolute Gasteiger partial charge is 0.237 e. The molecule has 2 heteroatoms. The van der Waals surface area contributed by atoms with Crippen LogP contribution >= 0.6 is 0 Å². The van der Waals surface area contributed by atoms with Crippen molar-refractivity contribution < 1.29 is 0 Å². The van der Waals surface area contributed by atoms with Gasteiger partial charge in [0.1, 0.15) is 0 Å². The van der Waals surface area contributed by atoms with Gasteiger partial charge in [0.2, 0.25) is 0 Å². The van der Waals surface area contributed by atoms with Crippen LogP contribution in [0.2, 0.25) is 19.6 Å². The molecule has 4 bridgehead atoms. The molecule has 0 radical (unpaired) electrons. The Morgan fingerprint density at radius 3 is 1.31 bits per heavy atom. The second kappa shape index (κ2) is 16.5. The number of nitrogens with zero attached hydrogens (tertiary/aromatic N) is 1. The third-order valence-corrected chi connectivity index (χ3v) is 19.8. The average Bonchev–Trinajstić information content (AvgIpc) is 3.72. The lowest BCUT2D eigenvalue weighted by Crippen LogP contribution is -2.55. The second-order valence-electron chi connectivity index (χ2n) is 22.7. The van der Waals surface area contributed by atoms with Gasteiger partial charge < -0.3 is 0 Å². The molecule has 4 saturated carbocycles. The molecule has 0 N–H and O–H groups in total. The van der Waals surface area contributed by atoms with Crippen LogP contribution in [0.15, 0.2) is 206 Å². The lowest BCUT2D eigenvalue weighted by molar-refractivity contribution is -0.0399. The molecule has 1 nitrogen and oxygen atoms in total. The molecule has 0 heterocycles.